The lowest BCUT2D eigenvalue weighted by atomic mass is 10.2. The predicted molar refractivity (Wildman–Crippen MR) is 70.0 cm³/mol. The number of nitrogens with one attached hydrogen (secondary N) is 1. The van der Waals surface area contributed by atoms with Crippen LogP contribution in [0.3, 0.4) is 0 Å². The molecule has 0 aliphatic heterocycles. The average molecular weight is 262 g/mol. The van der Waals surface area contributed by atoms with Crippen molar-refractivity contribution in [1.82, 2.24) is 5.32 Å². The van der Waals surface area contributed by atoms with Crippen LogP contribution in [0.25, 0.3) is 0 Å². The Kier molecular flexibility index (Phi) is 7.99. The van der Waals surface area contributed by atoms with E-state index < -0.39 is 12.0 Å². The first-order chi connectivity index (χ1) is 7.88. The molecule has 1 amide bonds. The summed E-state index contributed by atoms with van der Waals surface area (Å²) in [5.41, 5.74) is 5.36. The van der Waals surface area contributed by atoms with Gasteiger partial charge in [-0.3, -0.25) is 9.59 Å². The van der Waals surface area contributed by atoms with Gasteiger partial charge in [-0.25, -0.2) is 0 Å². The summed E-state index contributed by atoms with van der Waals surface area (Å²) in [5.74, 6) is -0.857. The fourth-order valence-electron chi connectivity index (χ4n) is 1.26. The molecule has 0 spiro atoms. The molecule has 0 fully saturated rings. The first-order valence-corrected chi connectivity index (χ1v) is 6.83. The van der Waals surface area contributed by atoms with Crippen LogP contribution in [0.1, 0.15) is 33.6 Å². The van der Waals surface area contributed by atoms with Crippen LogP contribution in [0.5, 0.6) is 0 Å². The summed E-state index contributed by atoms with van der Waals surface area (Å²) < 4.78 is 0. The lowest BCUT2D eigenvalue weighted by Crippen LogP contribution is -2.39. The zero-order valence-corrected chi connectivity index (χ0v) is 11.4. The predicted octanol–water partition coefficient (Wildman–Crippen LogP) is 0.825. The van der Waals surface area contributed by atoms with Gasteiger partial charge in [-0.1, -0.05) is 13.3 Å². The number of rotatable bonds is 8. The normalized spacial score (nSPS) is 16.0. The molecule has 5 nitrogen and oxygen atoms in total. The summed E-state index contributed by atoms with van der Waals surface area (Å²) >= 11 is 1.26. The van der Waals surface area contributed by atoms with Gasteiger partial charge in [0, 0.05) is 11.8 Å². The number of amides is 1. The third-order valence-electron chi connectivity index (χ3n) is 2.32. The van der Waals surface area contributed by atoms with Crippen LogP contribution < -0.4 is 11.1 Å². The minimum absolute atomic E-state index is 0.0615. The summed E-state index contributed by atoms with van der Waals surface area (Å²) in [6.45, 7) is 5.78. The molecule has 0 saturated heterocycles. The van der Waals surface area contributed by atoms with Crippen molar-refractivity contribution in [1.29, 1.82) is 0 Å². The van der Waals surface area contributed by atoms with E-state index >= 15 is 0 Å². The second kappa shape index (κ2) is 8.36. The smallest absolute Gasteiger partial charge is 0.321 e. The summed E-state index contributed by atoms with van der Waals surface area (Å²) in [5, 5.41) is 11.2. The number of nitrogens with two attached hydrogens (primary N) is 1. The number of aliphatic carboxylic acids is 1. The third kappa shape index (κ3) is 7.23. The van der Waals surface area contributed by atoms with Gasteiger partial charge < -0.3 is 16.2 Å². The molecule has 2 unspecified atom stereocenters. The van der Waals surface area contributed by atoms with Gasteiger partial charge in [0.05, 0.1) is 5.25 Å². The van der Waals surface area contributed by atoms with Crippen LogP contribution in [0.2, 0.25) is 0 Å². The van der Waals surface area contributed by atoms with Crippen molar-refractivity contribution >= 4 is 23.6 Å². The minimum Gasteiger partial charge on any atom is -0.480 e. The second-order valence-corrected chi connectivity index (χ2v) is 5.49. The van der Waals surface area contributed by atoms with E-state index in [9.17, 15) is 9.59 Å². The number of carboxylic acid groups (broad SMARTS) is 1. The second-order valence-electron chi connectivity index (χ2n) is 4.12. The summed E-state index contributed by atoms with van der Waals surface area (Å²) in [7, 11) is 0. The minimum atomic E-state index is -1.04. The quantitative estimate of drug-likeness (QED) is 0.602. The van der Waals surface area contributed by atoms with Gasteiger partial charge >= 0.3 is 5.97 Å². The van der Waals surface area contributed by atoms with E-state index in [4.69, 9.17) is 10.8 Å². The Labute approximate surface area is 107 Å². The molecule has 3 atom stereocenters. The molecule has 0 heterocycles. The monoisotopic (exact) mass is 262 g/mol. The van der Waals surface area contributed by atoms with E-state index in [0.29, 0.717) is 0 Å². The Morgan fingerprint density at radius 3 is 2.47 bits per heavy atom. The molecule has 0 saturated carbocycles. The summed E-state index contributed by atoms with van der Waals surface area (Å²) in [4.78, 5) is 22.2. The molecule has 17 heavy (non-hydrogen) atoms. The van der Waals surface area contributed by atoms with Gasteiger partial charge in [-0.2, -0.15) is 0 Å². The Morgan fingerprint density at radius 2 is 2.00 bits per heavy atom. The molecule has 100 valence electrons. The summed E-state index contributed by atoms with van der Waals surface area (Å²) in [6.07, 6.45) is 1.96. The molecular weight excluding hydrogens is 240 g/mol. The Bertz CT molecular complexity index is 261. The number of carbonyl (C=O) groups excluding carboxylic acids is 1. The maximum absolute atomic E-state index is 11.7. The van der Waals surface area contributed by atoms with E-state index in [2.05, 4.69) is 12.2 Å². The maximum atomic E-state index is 11.7. The van der Waals surface area contributed by atoms with Crippen LogP contribution in [-0.4, -0.2) is 40.1 Å². The Hall–Kier alpha value is -0.750. The highest BCUT2D eigenvalue weighted by Crippen LogP contribution is 2.12. The van der Waals surface area contributed by atoms with Crippen molar-refractivity contribution < 1.29 is 14.7 Å². The van der Waals surface area contributed by atoms with Gasteiger partial charge in [0.2, 0.25) is 5.91 Å². The molecule has 0 aromatic rings. The van der Waals surface area contributed by atoms with Crippen molar-refractivity contribution in [3.05, 3.63) is 0 Å². The zero-order chi connectivity index (χ0) is 13.4. The van der Waals surface area contributed by atoms with Crippen LogP contribution >= 0.6 is 11.8 Å². The van der Waals surface area contributed by atoms with Crippen molar-refractivity contribution in [3.63, 3.8) is 0 Å². The molecule has 4 N–H and O–H groups in total. The maximum Gasteiger partial charge on any atom is 0.321 e. The van der Waals surface area contributed by atoms with E-state index in [0.717, 1.165) is 12.8 Å². The third-order valence-corrected chi connectivity index (χ3v) is 3.59. The van der Waals surface area contributed by atoms with E-state index in [1.165, 1.54) is 11.8 Å². The van der Waals surface area contributed by atoms with Crippen LogP contribution in [0, 0.1) is 0 Å². The van der Waals surface area contributed by atoms with Crippen LogP contribution in [0.4, 0.5) is 0 Å². The van der Waals surface area contributed by atoms with Crippen molar-refractivity contribution in [2.24, 2.45) is 5.73 Å². The SMILES string of the molecule is CCCC(C)NC(=O)C(C)SC[C@H](N)C(=O)O. The molecule has 6 heteroatoms. The number of thioether (sulfide) groups is 1. The van der Waals surface area contributed by atoms with Crippen LogP contribution in [-0.2, 0) is 9.59 Å². The highest BCUT2D eigenvalue weighted by atomic mass is 32.2. The van der Waals surface area contributed by atoms with Gasteiger partial charge in [0.15, 0.2) is 0 Å². The largest absolute Gasteiger partial charge is 0.480 e. The highest BCUT2D eigenvalue weighted by molar-refractivity contribution is 8.00. The Morgan fingerprint density at radius 1 is 1.41 bits per heavy atom. The number of carboxylic acids is 1. The first kappa shape index (κ1) is 16.2. The molecule has 0 radical (unpaired) electrons. The highest BCUT2D eigenvalue weighted by Gasteiger charge is 2.18. The van der Waals surface area contributed by atoms with E-state index in [1.54, 1.807) is 6.92 Å². The first-order valence-electron chi connectivity index (χ1n) is 5.78. The zero-order valence-electron chi connectivity index (χ0n) is 10.6. The van der Waals surface area contributed by atoms with Gasteiger partial charge in [-0.05, 0) is 20.3 Å². The van der Waals surface area contributed by atoms with Crippen LogP contribution in [0.15, 0.2) is 0 Å². The number of carbonyl (C=O) groups is 2. The summed E-state index contributed by atoms with van der Waals surface area (Å²) in [6, 6.07) is -0.757. The molecule has 0 bridgehead atoms. The molecule has 0 aliphatic carbocycles. The standard InChI is InChI=1S/C11H22N2O3S/c1-4-5-7(2)13-10(14)8(3)17-6-9(12)11(15)16/h7-9H,4-6,12H2,1-3H3,(H,13,14)(H,15,16)/t7?,8?,9-/m0/s1. The van der Waals surface area contributed by atoms with E-state index in [1.807, 2.05) is 6.92 Å². The number of hydrogen-bond donors (Lipinski definition) is 3. The molecule has 0 aliphatic rings. The average Bonchev–Trinajstić information content (AvgIpc) is 2.25. The van der Waals surface area contributed by atoms with Crippen molar-refractivity contribution in [2.45, 2.75) is 50.9 Å². The molecule has 0 rings (SSSR count). The fraction of sp³-hybridized carbons (Fsp3) is 0.818. The number of hydrogen-bond acceptors (Lipinski definition) is 4. The molecule has 0 aromatic heterocycles. The molecular formula is C11H22N2O3S. The topological polar surface area (TPSA) is 92.4 Å². The van der Waals surface area contributed by atoms with Crippen molar-refractivity contribution in [2.75, 3.05) is 5.75 Å². The fourth-order valence-corrected chi connectivity index (χ4v) is 2.12. The van der Waals surface area contributed by atoms with Gasteiger partial charge in [0.25, 0.3) is 0 Å². The lowest BCUT2D eigenvalue weighted by Gasteiger charge is -2.17. The van der Waals surface area contributed by atoms with Gasteiger partial charge in [-0.15, -0.1) is 11.8 Å². The van der Waals surface area contributed by atoms with E-state index in [-0.39, 0.29) is 23.0 Å². The van der Waals surface area contributed by atoms with Crippen molar-refractivity contribution in [3.8, 4) is 0 Å². The lowest BCUT2D eigenvalue weighted by molar-refractivity contribution is -0.138. The molecule has 0 aromatic carbocycles. The van der Waals surface area contributed by atoms with Gasteiger partial charge in [0.1, 0.15) is 6.04 Å². The Balaban J connectivity index is 3.93.